The molecule has 18 heavy (non-hydrogen) atoms. The van der Waals surface area contributed by atoms with Gasteiger partial charge in [-0.05, 0) is 41.7 Å². The molecule has 6 heteroatoms. The van der Waals surface area contributed by atoms with Crippen LogP contribution in [-0.2, 0) is 6.42 Å². The Morgan fingerprint density at radius 2 is 2.44 bits per heavy atom. The Hall–Kier alpha value is -1.69. The smallest absolute Gasteiger partial charge is 0.290 e. The number of aromatic amines is 1. The van der Waals surface area contributed by atoms with E-state index >= 15 is 0 Å². The van der Waals surface area contributed by atoms with E-state index in [1.54, 1.807) is 11.3 Å². The normalized spacial score (nSPS) is 14.7. The van der Waals surface area contributed by atoms with Gasteiger partial charge in [-0.3, -0.25) is 9.89 Å². The summed E-state index contributed by atoms with van der Waals surface area (Å²) in [5, 5.41) is 13.7. The van der Waals surface area contributed by atoms with Gasteiger partial charge in [0.15, 0.2) is 0 Å². The minimum absolute atomic E-state index is 0.201. The number of aromatic nitrogens is 3. The van der Waals surface area contributed by atoms with E-state index in [0.717, 1.165) is 25.1 Å². The summed E-state index contributed by atoms with van der Waals surface area (Å²) in [4.78, 5) is 16.0. The lowest BCUT2D eigenvalue weighted by atomic mass is 10.2. The highest BCUT2D eigenvalue weighted by atomic mass is 32.1. The molecule has 1 saturated carbocycles. The van der Waals surface area contributed by atoms with E-state index < -0.39 is 0 Å². The zero-order chi connectivity index (χ0) is 12.4. The fourth-order valence-electron chi connectivity index (χ4n) is 1.75. The SMILES string of the molecule is O=C(NCCc1ccsc1)c1n[nH]c(C2CC2)n1. The summed E-state index contributed by atoms with van der Waals surface area (Å²) < 4.78 is 0. The van der Waals surface area contributed by atoms with Crippen LogP contribution in [0.4, 0.5) is 0 Å². The van der Waals surface area contributed by atoms with Crippen LogP contribution < -0.4 is 5.32 Å². The van der Waals surface area contributed by atoms with E-state index in [1.165, 1.54) is 5.56 Å². The average molecular weight is 262 g/mol. The summed E-state index contributed by atoms with van der Waals surface area (Å²) >= 11 is 1.67. The van der Waals surface area contributed by atoms with Crippen LogP contribution in [0, 0.1) is 0 Å². The van der Waals surface area contributed by atoms with Gasteiger partial charge in [0, 0.05) is 12.5 Å². The molecule has 1 aliphatic carbocycles. The van der Waals surface area contributed by atoms with E-state index in [1.807, 2.05) is 5.38 Å². The lowest BCUT2D eigenvalue weighted by molar-refractivity contribution is 0.0944. The summed E-state index contributed by atoms with van der Waals surface area (Å²) in [5.41, 5.74) is 1.24. The highest BCUT2D eigenvalue weighted by Crippen LogP contribution is 2.37. The molecule has 0 atom stereocenters. The highest BCUT2D eigenvalue weighted by molar-refractivity contribution is 7.07. The third-order valence-corrected chi connectivity index (χ3v) is 3.68. The first-order valence-corrected chi connectivity index (χ1v) is 6.99. The van der Waals surface area contributed by atoms with Gasteiger partial charge < -0.3 is 5.32 Å². The van der Waals surface area contributed by atoms with Crippen molar-refractivity contribution < 1.29 is 4.79 Å². The van der Waals surface area contributed by atoms with Gasteiger partial charge in [-0.25, -0.2) is 4.98 Å². The molecule has 2 aromatic heterocycles. The number of H-pyrrole nitrogens is 1. The van der Waals surface area contributed by atoms with Gasteiger partial charge in [0.25, 0.3) is 5.91 Å². The summed E-state index contributed by atoms with van der Waals surface area (Å²) in [6.45, 7) is 0.614. The summed E-state index contributed by atoms with van der Waals surface area (Å²) in [6, 6.07) is 2.06. The molecule has 2 heterocycles. The van der Waals surface area contributed by atoms with Crippen LogP contribution in [0.1, 0.15) is 40.8 Å². The molecule has 0 aromatic carbocycles. The minimum Gasteiger partial charge on any atom is -0.349 e. The third-order valence-electron chi connectivity index (χ3n) is 2.95. The molecule has 1 fully saturated rings. The average Bonchev–Trinajstić information content (AvgIpc) is 2.92. The number of hydrogen-bond acceptors (Lipinski definition) is 4. The Bertz CT molecular complexity index is 530. The molecule has 1 amide bonds. The number of carbonyl (C=O) groups is 1. The quantitative estimate of drug-likeness (QED) is 0.862. The monoisotopic (exact) mass is 262 g/mol. The Kier molecular flexibility index (Phi) is 3.10. The van der Waals surface area contributed by atoms with Crippen molar-refractivity contribution in [3.8, 4) is 0 Å². The molecule has 0 radical (unpaired) electrons. The number of thiophene rings is 1. The van der Waals surface area contributed by atoms with Gasteiger partial charge in [-0.1, -0.05) is 0 Å². The molecule has 94 valence electrons. The molecule has 0 saturated heterocycles. The number of rotatable bonds is 5. The van der Waals surface area contributed by atoms with Gasteiger partial charge in [-0.15, -0.1) is 5.10 Å². The number of nitrogens with zero attached hydrogens (tertiary/aromatic N) is 2. The fraction of sp³-hybridized carbons (Fsp3) is 0.417. The molecule has 0 unspecified atom stereocenters. The zero-order valence-corrected chi connectivity index (χ0v) is 10.7. The number of hydrogen-bond donors (Lipinski definition) is 2. The molecule has 0 bridgehead atoms. The second-order valence-electron chi connectivity index (χ2n) is 4.46. The second-order valence-corrected chi connectivity index (χ2v) is 5.24. The first kappa shape index (κ1) is 11.4. The minimum atomic E-state index is -0.201. The van der Waals surface area contributed by atoms with Gasteiger partial charge >= 0.3 is 0 Å². The molecule has 0 spiro atoms. The van der Waals surface area contributed by atoms with Crippen LogP contribution in [0.2, 0.25) is 0 Å². The first-order chi connectivity index (χ1) is 8.83. The van der Waals surface area contributed by atoms with Crippen LogP contribution in [0.15, 0.2) is 16.8 Å². The first-order valence-electron chi connectivity index (χ1n) is 6.04. The van der Waals surface area contributed by atoms with Crippen molar-refractivity contribution in [2.75, 3.05) is 6.54 Å². The topological polar surface area (TPSA) is 70.7 Å². The largest absolute Gasteiger partial charge is 0.349 e. The second kappa shape index (κ2) is 4.89. The molecular formula is C12H14N4OS. The van der Waals surface area contributed by atoms with Crippen LogP contribution >= 0.6 is 11.3 Å². The molecule has 0 aliphatic heterocycles. The van der Waals surface area contributed by atoms with E-state index in [0.29, 0.717) is 12.5 Å². The summed E-state index contributed by atoms with van der Waals surface area (Å²) in [5.74, 6) is 1.39. The zero-order valence-electron chi connectivity index (χ0n) is 9.85. The molecule has 2 N–H and O–H groups in total. The summed E-state index contributed by atoms with van der Waals surface area (Å²) in [6.07, 6.45) is 3.14. The van der Waals surface area contributed by atoms with E-state index in [4.69, 9.17) is 0 Å². The fourth-order valence-corrected chi connectivity index (χ4v) is 2.45. The van der Waals surface area contributed by atoms with Crippen LogP contribution in [0.25, 0.3) is 0 Å². The third kappa shape index (κ3) is 2.59. The van der Waals surface area contributed by atoms with E-state index in [-0.39, 0.29) is 11.7 Å². The predicted molar refractivity (Wildman–Crippen MR) is 68.7 cm³/mol. The lowest BCUT2D eigenvalue weighted by Crippen LogP contribution is -2.26. The van der Waals surface area contributed by atoms with E-state index in [2.05, 4.69) is 31.9 Å². The number of carbonyl (C=O) groups excluding carboxylic acids is 1. The molecular weight excluding hydrogens is 248 g/mol. The maximum Gasteiger partial charge on any atom is 0.290 e. The van der Waals surface area contributed by atoms with E-state index in [9.17, 15) is 4.79 Å². The Morgan fingerprint density at radius 1 is 1.56 bits per heavy atom. The van der Waals surface area contributed by atoms with Gasteiger partial charge in [-0.2, -0.15) is 11.3 Å². The van der Waals surface area contributed by atoms with Gasteiger partial charge in [0.1, 0.15) is 5.82 Å². The van der Waals surface area contributed by atoms with Gasteiger partial charge in [0.05, 0.1) is 0 Å². The van der Waals surface area contributed by atoms with Crippen molar-refractivity contribution in [1.29, 1.82) is 0 Å². The maximum absolute atomic E-state index is 11.8. The van der Waals surface area contributed by atoms with Crippen molar-refractivity contribution >= 4 is 17.2 Å². The number of amides is 1. The predicted octanol–water partition coefficient (Wildman–Crippen LogP) is 1.72. The van der Waals surface area contributed by atoms with Crippen molar-refractivity contribution in [1.82, 2.24) is 20.5 Å². The Labute approximate surface area is 109 Å². The maximum atomic E-state index is 11.8. The Balaban J connectivity index is 1.50. The molecule has 5 nitrogen and oxygen atoms in total. The number of nitrogens with one attached hydrogen (secondary N) is 2. The lowest BCUT2D eigenvalue weighted by Gasteiger charge is -2.00. The summed E-state index contributed by atoms with van der Waals surface area (Å²) in [7, 11) is 0. The molecule has 1 aliphatic rings. The van der Waals surface area contributed by atoms with Crippen LogP contribution in [0.5, 0.6) is 0 Å². The standard InChI is InChI=1S/C12H14N4OS/c17-12(13-5-3-8-4-6-18-7-8)11-14-10(15-16-11)9-1-2-9/h4,6-7,9H,1-3,5H2,(H,13,17)(H,14,15,16). The van der Waals surface area contributed by atoms with Crippen molar-refractivity contribution in [2.45, 2.75) is 25.2 Å². The molecule has 3 rings (SSSR count). The highest BCUT2D eigenvalue weighted by Gasteiger charge is 2.28. The Morgan fingerprint density at radius 3 is 3.17 bits per heavy atom. The molecule has 2 aromatic rings. The van der Waals surface area contributed by atoms with Crippen LogP contribution in [-0.4, -0.2) is 27.6 Å². The van der Waals surface area contributed by atoms with Crippen molar-refractivity contribution in [3.63, 3.8) is 0 Å². The van der Waals surface area contributed by atoms with Gasteiger partial charge in [0.2, 0.25) is 5.82 Å². The van der Waals surface area contributed by atoms with Crippen molar-refractivity contribution in [2.24, 2.45) is 0 Å². The van der Waals surface area contributed by atoms with Crippen LogP contribution in [0.3, 0.4) is 0 Å². The van der Waals surface area contributed by atoms with Crippen molar-refractivity contribution in [3.05, 3.63) is 34.0 Å².